The van der Waals surface area contributed by atoms with Crippen molar-refractivity contribution in [2.45, 2.75) is 25.7 Å². The molecule has 1 aliphatic rings. The van der Waals surface area contributed by atoms with Crippen molar-refractivity contribution in [3.63, 3.8) is 0 Å². The summed E-state index contributed by atoms with van der Waals surface area (Å²) >= 11 is 3.42. The van der Waals surface area contributed by atoms with Crippen LogP contribution in [0.5, 0.6) is 5.75 Å². The van der Waals surface area contributed by atoms with Crippen LogP contribution in [-0.2, 0) is 0 Å². The molecule has 1 fully saturated rings. The monoisotopic (exact) mass is 313 g/mol. The van der Waals surface area contributed by atoms with Crippen LogP contribution in [0.4, 0.5) is 0 Å². The van der Waals surface area contributed by atoms with Crippen LogP contribution in [0.15, 0.2) is 16.9 Å². The van der Waals surface area contributed by atoms with Crippen molar-refractivity contribution in [3.05, 3.63) is 22.4 Å². The van der Waals surface area contributed by atoms with Gasteiger partial charge in [-0.2, -0.15) is 0 Å². The standard InChI is InChI=1S/C13H20BrN3O/c1-3-18-12-7-11(8-16-13(12)14)10-5-4-6-17(9-10)15-2/h7-8,10,15H,3-6,9H2,1-2H3/t10-/m0/s1. The number of halogens is 1. The average Bonchev–Trinajstić information content (AvgIpc) is 2.41. The van der Waals surface area contributed by atoms with Crippen molar-refractivity contribution in [2.24, 2.45) is 0 Å². The third kappa shape index (κ3) is 3.22. The van der Waals surface area contributed by atoms with Crippen LogP contribution in [0.25, 0.3) is 0 Å². The molecule has 1 N–H and O–H groups in total. The minimum atomic E-state index is 0.533. The van der Waals surface area contributed by atoms with Crippen LogP contribution in [0.3, 0.4) is 0 Å². The summed E-state index contributed by atoms with van der Waals surface area (Å²) in [5.41, 5.74) is 4.49. The lowest BCUT2D eigenvalue weighted by Crippen LogP contribution is -2.42. The molecule has 0 aliphatic carbocycles. The lowest BCUT2D eigenvalue weighted by molar-refractivity contribution is 0.154. The molecule has 0 unspecified atom stereocenters. The normalized spacial score (nSPS) is 20.9. The largest absolute Gasteiger partial charge is 0.491 e. The molecule has 0 spiro atoms. The molecule has 1 saturated heterocycles. The minimum absolute atomic E-state index is 0.533. The maximum Gasteiger partial charge on any atom is 0.152 e. The van der Waals surface area contributed by atoms with Gasteiger partial charge in [0, 0.05) is 19.3 Å². The molecule has 2 rings (SSSR count). The summed E-state index contributed by atoms with van der Waals surface area (Å²) in [5.74, 6) is 1.38. The molecule has 2 heterocycles. The van der Waals surface area contributed by atoms with Crippen molar-refractivity contribution in [3.8, 4) is 5.75 Å². The smallest absolute Gasteiger partial charge is 0.152 e. The van der Waals surface area contributed by atoms with Crippen LogP contribution in [0.1, 0.15) is 31.2 Å². The van der Waals surface area contributed by atoms with Gasteiger partial charge in [-0.15, -0.1) is 0 Å². The third-order valence-electron chi connectivity index (χ3n) is 3.34. The molecule has 0 amide bonds. The summed E-state index contributed by atoms with van der Waals surface area (Å²) in [6, 6.07) is 2.12. The Hall–Kier alpha value is -0.650. The highest BCUT2D eigenvalue weighted by atomic mass is 79.9. The Balaban J connectivity index is 2.14. The molecule has 0 bridgehead atoms. The van der Waals surface area contributed by atoms with Gasteiger partial charge in [0.05, 0.1) is 6.61 Å². The van der Waals surface area contributed by atoms with Gasteiger partial charge in [0.15, 0.2) is 5.75 Å². The molecule has 18 heavy (non-hydrogen) atoms. The Labute approximate surface area is 117 Å². The van der Waals surface area contributed by atoms with E-state index in [2.05, 4.69) is 37.4 Å². The molecule has 100 valence electrons. The Bertz CT molecular complexity index is 400. The first-order valence-electron chi connectivity index (χ1n) is 6.45. The number of rotatable bonds is 4. The van der Waals surface area contributed by atoms with E-state index in [9.17, 15) is 0 Å². The molecule has 5 heteroatoms. The number of piperidine rings is 1. The van der Waals surface area contributed by atoms with Gasteiger partial charge < -0.3 is 4.74 Å². The lowest BCUT2D eigenvalue weighted by atomic mass is 9.92. The van der Waals surface area contributed by atoms with Crippen molar-refractivity contribution in [1.82, 2.24) is 15.4 Å². The molecule has 1 atom stereocenters. The SMILES string of the molecule is CCOc1cc([C@H]2CCCN(NC)C2)cnc1Br. The summed E-state index contributed by atoms with van der Waals surface area (Å²) in [5, 5.41) is 2.26. The van der Waals surface area contributed by atoms with E-state index in [1.807, 2.05) is 20.2 Å². The summed E-state index contributed by atoms with van der Waals surface area (Å²) in [4.78, 5) is 4.38. The fourth-order valence-corrected chi connectivity index (χ4v) is 2.71. The first-order valence-corrected chi connectivity index (χ1v) is 7.24. The Morgan fingerprint density at radius 3 is 3.17 bits per heavy atom. The summed E-state index contributed by atoms with van der Waals surface area (Å²) in [7, 11) is 1.98. The summed E-state index contributed by atoms with van der Waals surface area (Å²) < 4.78 is 6.37. The zero-order chi connectivity index (χ0) is 13.0. The molecule has 1 aromatic heterocycles. The lowest BCUT2D eigenvalue weighted by Gasteiger charge is -2.32. The van der Waals surface area contributed by atoms with Gasteiger partial charge in [-0.1, -0.05) is 0 Å². The van der Waals surface area contributed by atoms with Crippen LogP contribution in [0.2, 0.25) is 0 Å². The molecule has 4 nitrogen and oxygen atoms in total. The molecule has 0 aromatic carbocycles. The highest BCUT2D eigenvalue weighted by Crippen LogP contribution is 2.31. The number of hydrazine groups is 1. The highest BCUT2D eigenvalue weighted by Gasteiger charge is 2.21. The van der Waals surface area contributed by atoms with Crippen molar-refractivity contribution in [1.29, 1.82) is 0 Å². The number of hydrogen-bond donors (Lipinski definition) is 1. The number of hydrogen-bond acceptors (Lipinski definition) is 4. The van der Waals surface area contributed by atoms with E-state index in [1.165, 1.54) is 18.4 Å². The van der Waals surface area contributed by atoms with E-state index in [0.29, 0.717) is 12.5 Å². The Morgan fingerprint density at radius 1 is 1.61 bits per heavy atom. The van der Waals surface area contributed by atoms with E-state index < -0.39 is 0 Å². The summed E-state index contributed by atoms with van der Waals surface area (Å²) in [6.07, 6.45) is 4.38. The fourth-order valence-electron chi connectivity index (χ4n) is 2.38. The van der Waals surface area contributed by atoms with E-state index in [0.717, 1.165) is 23.4 Å². The Kier molecular flexibility index (Phi) is 4.97. The quantitative estimate of drug-likeness (QED) is 0.867. The second kappa shape index (κ2) is 6.50. The van der Waals surface area contributed by atoms with Crippen molar-refractivity contribution in [2.75, 3.05) is 26.7 Å². The first-order chi connectivity index (χ1) is 8.74. The van der Waals surface area contributed by atoms with Gasteiger partial charge in [-0.05, 0) is 60.3 Å². The number of pyridine rings is 1. The number of ether oxygens (including phenoxy) is 1. The van der Waals surface area contributed by atoms with E-state index in [1.54, 1.807) is 0 Å². The molecule has 0 radical (unpaired) electrons. The van der Waals surface area contributed by atoms with Crippen molar-refractivity contribution >= 4 is 15.9 Å². The fraction of sp³-hybridized carbons (Fsp3) is 0.615. The third-order valence-corrected chi connectivity index (χ3v) is 3.93. The van der Waals surface area contributed by atoms with Gasteiger partial charge in [0.25, 0.3) is 0 Å². The van der Waals surface area contributed by atoms with Gasteiger partial charge in [0.2, 0.25) is 0 Å². The second-order valence-electron chi connectivity index (χ2n) is 4.50. The highest BCUT2D eigenvalue weighted by molar-refractivity contribution is 9.10. The number of nitrogens with one attached hydrogen (secondary N) is 1. The number of aromatic nitrogens is 1. The maximum atomic E-state index is 5.58. The van der Waals surface area contributed by atoms with E-state index in [-0.39, 0.29) is 0 Å². The molecule has 1 aliphatic heterocycles. The number of nitrogens with zero attached hydrogens (tertiary/aromatic N) is 2. The van der Waals surface area contributed by atoms with Gasteiger partial charge in [-0.25, -0.2) is 9.99 Å². The minimum Gasteiger partial charge on any atom is -0.491 e. The zero-order valence-corrected chi connectivity index (χ0v) is 12.5. The van der Waals surface area contributed by atoms with Crippen molar-refractivity contribution < 1.29 is 4.74 Å². The molecule has 1 aromatic rings. The zero-order valence-electron chi connectivity index (χ0n) is 10.9. The second-order valence-corrected chi connectivity index (χ2v) is 5.25. The van der Waals surface area contributed by atoms with Crippen LogP contribution < -0.4 is 10.2 Å². The molecular formula is C13H20BrN3O. The van der Waals surface area contributed by atoms with Gasteiger partial charge in [0.1, 0.15) is 4.60 Å². The molecule has 0 saturated carbocycles. The average molecular weight is 314 g/mol. The first kappa shape index (κ1) is 13.8. The predicted molar refractivity (Wildman–Crippen MR) is 75.7 cm³/mol. The van der Waals surface area contributed by atoms with Crippen LogP contribution in [-0.4, -0.2) is 36.7 Å². The van der Waals surface area contributed by atoms with Gasteiger partial charge >= 0.3 is 0 Å². The van der Waals surface area contributed by atoms with E-state index >= 15 is 0 Å². The Morgan fingerprint density at radius 2 is 2.44 bits per heavy atom. The van der Waals surface area contributed by atoms with Crippen LogP contribution in [0, 0.1) is 0 Å². The summed E-state index contributed by atoms with van der Waals surface area (Å²) in [6.45, 7) is 4.81. The topological polar surface area (TPSA) is 37.4 Å². The maximum absolute atomic E-state index is 5.58. The van der Waals surface area contributed by atoms with Gasteiger partial charge in [-0.3, -0.25) is 5.43 Å². The van der Waals surface area contributed by atoms with Crippen LogP contribution >= 0.6 is 15.9 Å². The predicted octanol–water partition coefficient (Wildman–Crippen LogP) is 2.56. The van der Waals surface area contributed by atoms with E-state index in [4.69, 9.17) is 4.74 Å². The molecular weight excluding hydrogens is 294 g/mol.